The van der Waals surface area contributed by atoms with Crippen LogP contribution in [0.5, 0.6) is 17.2 Å². The Balaban J connectivity index is 1.96. The zero-order chi connectivity index (χ0) is 20.5. The minimum atomic E-state index is -1.33. The van der Waals surface area contributed by atoms with Crippen molar-refractivity contribution in [2.45, 2.75) is 18.8 Å². The molecule has 1 amide bonds. The van der Waals surface area contributed by atoms with Crippen molar-refractivity contribution in [3.05, 3.63) is 53.6 Å². The van der Waals surface area contributed by atoms with Crippen molar-refractivity contribution in [1.29, 1.82) is 0 Å². The van der Waals surface area contributed by atoms with Gasteiger partial charge >= 0.3 is 6.09 Å². The van der Waals surface area contributed by atoms with Gasteiger partial charge in [0.2, 0.25) is 0 Å². The van der Waals surface area contributed by atoms with Crippen LogP contribution in [0.25, 0.3) is 0 Å². The van der Waals surface area contributed by atoms with Crippen molar-refractivity contribution < 1.29 is 34.0 Å². The monoisotopic (exact) mass is 391 g/mol. The van der Waals surface area contributed by atoms with E-state index in [1.807, 2.05) is 30.3 Å². The van der Waals surface area contributed by atoms with E-state index in [1.54, 1.807) is 6.07 Å². The number of ether oxygens (including phenoxy) is 4. The van der Waals surface area contributed by atoms with Gasteiger partial charge in [0.25, 0.3) is 0 Å². The second kappa shape index (κ2) is 10.4. The van der Waals surface area contributed by atoms with Gasteiger partial charge in [0.05, 0.1) is 21.3 Å². The maximum absolute atomic E-state index is 11.8. The SMILES string of the molecule is COc1cc(OC)c(C(O)C(O)CNC(=O)OCc2ccccc2)cc1OC. The highest BCUT2D eigenvalue weighted by atomic mass is 16.5. The molecule has 2 aromatic carbocycles. The summed E-state index contributed by atoms with van der Waals surface area (Å²) in [5, 5.41) is 23.2. The first-order valence-corrected chi connectivity index (χ1v) is 8.60. The molecule has 2 unspecified atom stereocenters. The Hall–Kier alpha value is -2.97. The summed E-state index contributed by atoms with van der Waals surface area (Å²) in [5.41, 5.74) is 1.14. The minimum absolute atomic E-state index is 0.106. The Kier molecular flexibility index (Phi) is 7.91. The quantitative estimate of drug-likeness (QED) is 0.600. The number of rotatable bonds is 9. The second-order valence-electron chi connectivity index (χ2n) is 5.90. The molecule has 2 rings (SSSR count). The molecule has 28 heavy (non-hydrogen) atoms. The lowest BCUT2D eigenvalue weighted by Crippen LogP contribution is -2.35. The van der Waals surface area contributed by atoms with E-state index < -0.39 is 18.3 Å². The van der Waals surface area contributed by atoms with Gasteiger partial charge in [-0.25, -0.2) is 4.79 Å². The number of amides is 1. The van der Waals surface area contributed by atoms with Gasteiger partial charge in [0.15, 0.2) is 11.5 Å². The van der Waals surface area contributed by atoms with Gasteiger partial charge in [-0.05, 0) is 11.6 Å². The topological polar surface area (TPSA) is 106 Å². The second-order valence-corrected chi connectivity index (χ2v) is 5.90. The average molecular weight is 391 g/mol. The van der Waals surface area contributed by atoms with Crippen LogP contribution in [-0.2, 0) is 11.3 Å². The fourth-order valence-electron chi connectivity index (χ4n) is 2.56. The first kappa shape index (κ1) is 21.3. The van der Waals surface area contributed by atoms with Gasteiger partial charge in [-0.2, -0.15) is 0 Å². The molecule has 0 bridgehead atoms. The van der Waals surface area contributed by atoms with Crippen LogP contribution in [-0.4, -0.2) is 50.3 Å². The first-order valence-electron chi connectivity index (χ1n) is 8.60. The van der Waals surface area contributed by atoms with Crippen molar-refractivity contribution in [1.82, 2.24) is 5.32 Å². The smallest absolute Gasteiger partial charge is 0.407 e. The fraction of sp³-hybridized carbons (Fsp3) is 0.350. The molecule has 0 aromatic heterocycles. The van der Waals surface area contributed by atoms with E-state index in [0.29, 0.717) is 22.8 Å². The summed E-state index contributed by atoms with van der Waals surface area (Å²) in [7, 11) is 4.37. The third kappa shape index (κ3) is 5.51. The highest BCUT2D eigenvalue weighted by Crippen LogP contribution is 2.38. The van der Waals surface area contributed by atoms with Crippen molar-refractivity contribution in [3.8, 4) is 17.2 Å². The van der Waals surface area contributed by atoms with Gasteiger partial charge < -0.3 is 34.5 Å². The molecular weight excluding hydrogens is 366 g/mol. The predicted octanol–water partition coefficient (Wildman–Crippen LogP) is 2.03. The zero-order valence-electron chi connectivity index (χ0n) is 16.0. The van der Waals surface area contributed by atoms with E-state index in [4.69, 9.17) is 18.9 Å². The summed E-state index contributed by atoms with van der Waals surface area (Å²) in [6, 6.07) is 12.3. The van der Waals surface area contributed by atoms with Crippen LogP contribution >= 0.6 is 0 Å². The lowest BCUT2D eigenvalue weighted by Gasteiger charge is -2.22. The molecule has 0 radical (unpaired) electrons. The van der Waals surface area contributed by atoms with Crippen LogP contribution < -0.4 is 19.5 Å². The van der Waals surface area contributed by atoms with E-state index in [-0.39, 0.29) is 13.2 Å². The number of benzene rings is 2. The standard InChI is InChI=1S/C20H25NO7/c1-25-16-10-18(27-3)17(26-2)9-14(16)19(23)15(22)11-21-20(24)28-12-13-7-5-4-6-8-13/h4-10,15,19,22-23H,11-12H2,1-3H3,(H,21,24). The fourth-order valence-corrected chi connectivity index (χ4v) is 2.56. The van der Waals surface area contributed by atoms with Gasteiger partial charge in [-0.15, -0.1) is 0 Å². The van der Waals surface area contributed by atoms with Crippen LogP contribution in [0.1, 0.15) is 17.2 Å². The number of carbonyl (C=O) groups is 1. The van der Waals surface area contributed by atoms with Crippen molar-refractivity contribution in [2.24, 2.45) is 0 Å². The van der Waals surface area contributed by atoms with Crippen LogP contribution in [0.4, 0.5) is 4.79 Å². The molecule has 0 spiro atoms. The maximum Gasteiger partial charge on any atom is 0.407 e. The number of carbonyl (C=O) groups excluding carboxylic acids is 1. The van der Waals surface area contributed by atoms with Crippen LogP contribution in [0.2, 0.25) is 0 Å². The van der Waals surface area contributed by atoms with E-state index in [2.05, 4.69) is 5.32 Å². The zero-order valence-corrected chi connectivity index (χ0v) is 16.0. The molecule has 0 aliphatic carbocycles. The van der Waals surface area contributed by atoms with E-state index >= 15 is 0 Å². The molecule has 0 aliphatic heterocycles. The van der Waals surface area contributed by atoms with Crippen molar-refractivity contribution in [3.63, 3.8) is 0 Å². The molecular formula is C20H25NO7. The molecule has 0 saturated heterocycles. The summed E-state index contributed by atoms with van der Waals surface area (Å²) in [6.45, 7) is -0.110. The summed E-state index contributed by atoms with van der Waals surface area (Å²) in [4.78, 5) is 11.8. The highest BCUT2D eigenvalue weighted by Gasteiger charge is 2.25. The molecule has 2 aromatic rings. The highest BCUT2D eigenvalue weighted by molar-refractivity contribution is 5.67. The summed E-state index contributed by atoms with van der Waals surface area (Å²) >= 11 is 0. The summed E-state index contributed by atoms with van der Waals surface area (Å²) in [5.74, 6) is 1.11. The molecule has 8 nitrogen and oxygen atoms in total. The number of alkyl carbamates (subject to hydrolysis) is 1. The molecule has 2 atom stereocenters. The molecule has 8 heteroatoms. The molecule has 0 aliphatic rings. The lowest BCUT2D eigenvalue weighted by atomic mass is 10.0. The van der Waals surface area contributed by atoms with Gasteiger partial charge in [-0.1, -0.05) is 30.3 Å². The third-order valence-corrected chi connectivity index (χ3v) is 4.09. The Morgan fingerprint density at radius 1 is 0.964 bits per heavy atom. The first-order chi connectivity index (χ1) is 13.5. The summed E-state index contributed by atoms with van der Waals surface area (Å²) in [6.07, 6.45) is -3.32. The Labute approximate surface area is 163 Å². The van der Waals surface area contributed by atoms with Crippen molar-refractivity contribution in [2.75, 3.05) is 27.9 Å². The Morgan fingerprint density at radius 3 is 2.18 bits per heavy atom. The number of hydrogen-bond donors (Lipinski definition) is 3. The minimum Gasteiger partial charge on any atom is -0.496 e. The van der Waals surface area contributed by atoms with Crippen molar-refractivity contribution >= 4 is 6.09 Å². The normalized spacial score (nSPS) is 12.6. The van der Waals surface area contributed by atoms with E-state index in [0.717, 1.165) is 5.56 Å². The summed E-state index contributed by atoms with van der Waals surface area (Å²) < 4.78 is 20.7. The molecule has 0 heterocycles. The molecule has 0 fully saturated rings. The van der Waals surface area contributed by atoms with Gasteiger partial charge in [0, 0.05) is 18.2 Å². The van der Waals surface area contributed by atoms with E-state index in [1.165, 1.54) is 27.4 Å². The van der Waals surface area contributed by atoms with Crippen LogP contribution in [0.15, 0.2) is 42.5 Å². The number of nitrogens with one attached hydrogen (secondary N) is 1. The maximum atomic E-state index is 11.8. The van der Waals surface area contributed by atoms with Crippen LogP contribution in [0, 0.1) is 0 Å². The third-order valence-electron chi connectivity index (χ3n) is 4.09. The van der Waals surface area contributed by atoms with Crippen LogP contribution in [0.3, 0.4) is 0 Å². The average Bonchev–Trinajstić information content (AvgIpc) is 2.75. The number of hydrogen-bond acceptors (Lipinski definition) is 7. The molecule has 3 N–H and O–H groups in total. The van der Waals surface area contributed by atoms with Gasteiger partial charge in [0.1, 0.15) is 24.6 Å². The lowest BCUT2D eigenvalue weighted by molar-refractivity contribution is 0.0169. The Morgan fingerprint density at radius 2 is 1.57 bits per heavy atom. The largest absolute Gasteiger partial charge is 0.496 e. The number of aliphatic hydroxyl groups is 2. The number of methoxy groups -OCH3 is 3. The Bertz CT molecular complexity index is 767. The van der Waals surface area contributed by atoms with E-state index in [9.17, 15) is 15.0 Å². The van der Waals surface area contributed by atoms with Gasteiger partial charge in [-0.3, -0.25) is 0 Å². The molecule has 152 valence electrons. The number of aliphatic hydroxyl groups excluding tert-OH is 2. The molecule has 0 saturated carbocycles. The predicted molar refractivity (Wildman–Crippen MR) is 102 cm³/mol.